The molecule has 1 fully saturated rings. The Balaban J connectivity index is 1.81. The number of carbonyl (C=O) groups excluding carboxylic acids is 1. The monoisotopic (exact) mass is 369 g/mol. The van der Waals surface area contributed by atoms with Crippen LogP contribution in [0.15, 0.2) is 23.2 Å². The van der Waals surface area contributed by atoms with E-state index in [0.29, 0.717) is 34.0 Å². The summed E-state index contributed by atoms with van der Waals surface area (Å²) in [5, 5.41) is 3.47. The molecular formula is C19H20ClN5O. The number of halogens is 1. The maximum absolute atomic E-state index is 12.7. The highest BCUT2D eigenvalue weighted by Crippen LogP contribution is 2.39. The number of anilines is 2. The van der Waals surface area contributed by atoms with E-state index in [9.17, 15) is 4.79 Å². The topological polar surface area (TPSA) is 93.3 Å². The number of nitrogens with two attached hydrogens (primary N) is 1. The van der Waals surface area contributed by atoms with E-state index in [-0.39, 0.29) is 5.91 Å². The summed E-state index contributed by atoms with van der Waals surface area (Å²) in [5.41, 5.74) is 8.92. The van der Waals surface area contributed by atoms with E-state index in [2.05, 4.69) is 20.3 Å². The first-order valence-corrected chi connectivity index (χ1v) is 9.18. The Morgan fingerprint density at radius 1 is 1.31 bits per heavy atom. The Morgan fingerprint density at radius 3 is 2.85 bits per heavy atom. The molecule has 1 unspecified atom stereocenters. The van der Waals surface area contributed by atoms with Crippen LogP contribution in [0.1, 0.15) is 54.2 Å². The third kappa shape index (κ3) is 3.05. The van der Waals surface area contributed by atoms with Crippen molar-refractivity contribution < 1.29 is 4.79 Å². The number of aromatic nitrogens is 2. The molecule has 1 aliphatic heterocycles. The summed E-state index contributed by atoms with van der Waals surface area (Å²) in [4.78, 5) is 26.2. The van der Waals surface area contributed by atoms with Gasteiger partial charge >= 0.3 is 0 Å². The summed E-state index contributed by atoms with van der Waals surface area (Å²) in [5.74, 6) is 0.157. The zero-order valence-electron chi connectivity index (χ0n) is 14.5. The summed E-state index contributed by atoms with van der Waals surface area (Å²) in [6, 6.07) is 5.66. The summed E-state index contributed by atoms with van der Waals surface area (Å²) in [6.07, 6.45) is 6.31. The summed E-state index contributed by atoms with van der Waals surface area (Å²) in [7, 11) is 0. The fourth-order valence-corrected chi connectivity index (χ4v) is 3.90. The molecule has 2 heterocycles. The number of nitrogens with one attached hydrogen (secondary N) is 1. The van der Waals surface area contributed by atoms with Crippen molar-refractivity contribution in [2.75, 3.05) is 11.1 Å². The van der Waals surface area contributed by atoms with E-state index >= 15 is 0 Å². The lowest BCUT2D eigenvalue weighted by molar-refractivity contribution is -0.116. The Morgan fingerprint density at radius 2 is 2.08 bits per heavy atom. The van der Waals surface area contributed by atoms with Gasteiger partial charge in [0.05, 0.1) is 11.3 Å². The maximum atomic E-state index is 12.7. The molecule has 26 heavy (non-hydrogen) atoms. The predicted molar refractivity (Wildman–Crippen MR) is 103 cm³/mol. The van der Waals surface area contributed by atoms with E-state index in [0.717, 1.165) is 24.1 Å². The molecule has 1 aliphatic carbocycles. The minimum Gasteiger partial charge on any atom is -0.383 e. The van der Waals surface area contributed by atoms with Gasteiger partial charge in [0.15, 0.2) is 0 Å². The molecule has 0 saturated heterocycles. The molecule has 134 valence electrons. The smallest absolute Gasteiger partial charge is 0.238 e. The minimum atomic E-state index is -0.572. The third-order valence-corrected chi connectivity index (χ3v) is 5.21. The van der Waals surface area contributed by atoms with E-state index in [4.69, 9.17) is 17.3 Å². The molecule has 1 aromatic carbocycles. The summed E-state index contributed by atoms with van der Waals surface area (Å²) < 4.78 is 0. The average molecular weight is 370 g/mol. The van der Waals surface area contributed by atoms with Crippen LogP contribution in [0.5, 0.6) is 0 Å². The molecule has 1 amide bonds. The van der Waals surface area contributed by atoms with Gasteiger partial charge in [0.1, 0.15) is 17.6 Å². The third-order valence-electron chi connectivity index (χ3n) is 4.97. The van der Waals surface area contributed by atoms with Gasteiger partial charge < -0.3 is 11.1 Å². The zero-order valence-corrected chi connectivity index (χ0v) is 15.3. The van der Waals surface area contributed by atoms with Gasteiger partial charge in [0.2, 0.25) is 5.91 Å². The Bertz CT molecular complexity index is 905. The van der Waals surface area contributed by atoms with Gasteiger partial charge in [-0.1, -0.05) is 24.4 Å². The molecule has 7 heteroatoms. The maximum Gasteiger partial charge on any atom is 0.238 e. The molecule has 0 radical (unpaired) electrons. The number of benzene rings is 1. The van der Waals surface area contributed by atoms with Crippen molar-refractivity contribution in [2.45, 2.75) is 44.6 Å². The Labute approximate surface area is 156 Å². The number of hydrogen-bond acceptors (Lipinski definition) is 5. The Hall–Kier alpha value is -2.47. The fourth-order valence-electron chi connectivity index (χ4n) is 3.71. The van der Waals surface area contributed by atoms with Gasteiger partial charge in [-0.05, 0) is 43.5 Å². The van der Waals surface area contributed by atoms with Crippen molar-refractivity contribution in [1.82, 2.24) is 9.97 Å². The average Bonchev–Trinajstić information content (AvgIpc) is 3.20. The quantitative estimate of drug-likeness (QED) is 0.810. The molecule has 0 bridgehead atoms. The van der Waals surface area contributed by atoms with Crippen LogP contribution in [-0.4, -0.2) is 28.1 Å². The number of nitrogens with zero attached hydrogens (tertiary/aromatic N) is 3. The van der Waals surface area contributed by atoms with Crippen molar-refractivity contribution in [3.05, 3.63) is 45.9 Å². The molecule has 1 atom stereocenters. The van der Waals surface area contributed by atoms with Gasteiger partial charge in [0.25, 0.3) is 0 Å². The van der Waals surface area contributed by atoms with Gasteiger partial charge in [-0.25, -0.2) is 9.97 Å². The van der Waals surface area contributed by atoms with Gasteiger partial charge in [0, 0.05) is 23.0 Å². The number of hydrogen-bond donors (Lipinski definition) is 2. The van der Waals surface area contributed by atoms with Gasteiger partial charge in [-0.15, -0.1) is 0 Å². The van der Waals surface area contributed by atoms with Gasteiger partial charge in [-0.2, -0.15) is 0 Å². The molecule has 2 aliphatic rings. The van der Waals surface area contributed by atoms with Crippen LogP contribution in [0.25, 0.3) is 0 Å². The van der Waals surface area contributed by atoms with Crippen LogP contribution in [-0.2, 0) is 4.79 Å². The number of fused-ring (bicyclic) bond motifs is 1. The number of amides is 1. The second-order valence-corrected chi connectivity index (χ2v) is 7.26. The fraction of sp³-hybridized carbons (Fsp3) is 0.368. The number of rotatable bonds is 3. The highest BCUT2D eigenvalue weighted by Gasteiger charge is 2.35. The first-order chi connectivity index (χ1) is 12.5. The molecule has 1 aromatic heterocycles. The Kier molecular flexibility index (Phi) is 4.36. The summed E-state index contributed by atoms with van der Waals surface area (Å²) in [6.45, 7) is 1.77. The number of aryl methyl sites for hydroxylation is 1. The zero-order chi connectivity index (χ0) is 18.3. The van der Waals surface area contributed by atoms with Crippen molar-refractivity contribution in [2.24, 2.45) is 4.99 Å². The van der Waals surface area contributed by atoms with Crippen LogP contribution in [0.3, 0.4) is 0 Å². The van der Waals surface area contributed by atoms with Crippen LogP contribution < -0.4 is 11.1 Å². The lowest BCUT2D eigenvalue weighted by Crippen LogP contribution is -2.19. The SMILES string of the molecule is Cc1nc(N)c(C=NC2CCCC2)c(C2C(=O)Nc3ccc(Cl)cc32)n1. The molecule has 3 N–H and O–H groups in total. The molecule has 6 nitrogen and oxygen atoms in total. The van der Waals surface area contributed by atoms with Crippen molar-refractivity contribution in [3.63, 3.8) is 0 Å². The first-order valence-electron chi connectivity index (χ1n) is 8.80. The van der Waals surface area contributed by atoms with E-state index in [1.807, 2.05) is 0 Å². The predicted octanol–water partition coefficient (Wildman–Crippen LogP) is 3.47. The molecule has 1 saturated carbocycles. The highest BCUT2D eigenvalue weighted by atomic mass is 35.5. The van der Waals surface area contributed by atoms with Crippen molar-refractivity contribution in [3.8, 4) is 0 Å². The van der Waals surface area contributed by atoms with Crippen LogP contribution >= 0.6 is 11.6 Å². The lowest BCUT2D eigenvalue weighted by atomic mass is 9.94. The molecule has 2 aromatic rings. The van der Waals surface area contributed by atoms with E-state index in [1.54, 1.807) is 31.3 Å². The molecule has 0 spiro atoms. The van der Waals surface area contributed by atoms with Crippen LogP contribution in [0.4, 0.5) is 11.5 Å². The number of carbonyl (C=O) groups is 1. The minimum absolute atomic E-state index is 0.143. The standard InChI is InChI=1S/C19H20ClN5O/c1-10-23-17(14(18(21)24-10)9-22-12-4-2-3-5-12)16-13-8-11(20)6-7-15(13)25-19(16)26/h6-9,12,16H,2-5H2,1H3,(H,25,26)(H2,21,23,24). The lowest BCUT2D eigenvalue weighted by Gasteiger charge is -2.14. The van der Waals surface area contributed by atoms with Gasteiger partial charge in [-0.3, -0.25) is 9.79 Å². The second-order valence-electron chi connectivity index (χ2n) is 6.83. The summed E-state index contributed by atoms with van der Waals surface area (Å²) >= 11 is 6.15. The first kappa shape index (κ1) is 17.0. The van der Waals surface area contributed by atoms with Crippen molar-refractivity contribution in [1.29, 1.82) is 0 Å². The van der Waals surface area contributed by atoms with Crippen molar-refractivity contribution >= 4 is 35.2 Å². The van der Waals surface area contributed by atoms with E-state index < -0.39 is 5.92 Å². The highest BCUT2D eigenvalue weighted by molar-refractivity contribution is 6.31. The molecular weight excluding hydrogens is 350 g/mol. The number of aliphatic imine (C=N–C) groups is 1. The van der Waals surface area contributed by atoms with Crippen LogP contribution in [0.2, 0.25) is 5.02 Å². The second kappa shape index (κ2) is 6.68. The molecule has 4 rings (SSSR count). The largest absolute Gasteiger partial charge is 0.383 e. The van der Waals surface area contributed by atoms with E-state index in [1.165, 1.54) is 12.8 Å². The normalized spacial score (nSPS) is 19.9. The number of nitrogen functional groups attached to an aromatic ring is 1. The van der Waals surface area contributed by atoms with Crippen LogP contribution in [0, 0.1) is 6.92 Å².